The maximum atomic E-state index is 15.7. The van der Waals surface area contributed by atoms with E-state index in [1.807, 2.05) is 0 Å². The number of likely N-dealkylation sites (tertiary alicyclic amines) is 1. The molecule has 0 radical (unpaired) electrons. The monoisotopic (exact) mass is 519 g/mol. The summed E-state index contributed by atoms with van der Waals surface area (Å²) in [4.78, 5) is 24.7. The Labute approximate surface area is 218 Å². The third-order valence-electron chi connectivity index (χ3n) is 8.06. The molecule has 0 aliphatic carbocycles. The van der Waals surface area contributed by atoms with Crippen LogP contribution in [0.3, 0.4) is 0 Å². The Kier molecular flexibility index (Phi) is 5.81. The summed E-state index contributed by atoms with van der Waals surface area (Å²) in [5.74, 6) is 0.414. The minimum absolute atomic E-state index is 0.166. The van der Waals surface area contributed by atoms with E-state index in [2.05, 4.69) is 14.9 Å². The van der Waals surface area contributed by atoms with Gasteiger partial charge in [0.1, 0.15) is 23.7 Å². The van der Waals surface area contributed by atoms with Crippen molar-refractivity contribution in [3.8, 4) is 22.8 Å². The van der Waals surface area contributed by atoms with Crippen molar-refractivity contribution in [1.29, 1.82) is 0 Å². The van der Waals surface area contributed by atoms with Gasteiger partial charge in [0.2, 0.25) is 5.88 Å². The maximum absolute atomic E-state index is 15.7. The van der Waals surface area contributed by atoms with Gasteiger partial charge in [0.25, 0.3) is 0 Å². The minimum atomic E-state index is -0.460. The molecule has 1 aromatic carbocycles. The normalized spacial score (nSPS) is 21.1. The predicted molar refractivity (Wildman–Crippen MR) is 140 cm³/mol. The number of piperidine rings is 1. The average molecular weight is 520 g/mol. The number of ether oxygens (including phenoxy) is 3. The summed E-state index contributed by atoms with van der Waals surface area (Å²) in [7, 11) is 1.72. The van der Waals surface area contributed by atoms with Crippen LogP contribution in [0.25, 0.3) is 33.1 Å². The van der Waals surface area contributed by atoms with Crippen molar-refractivity contribution in [2.24, 2.45) is 7.05 Å². The highest BCUT2D eigenvalue weighted by molar-refractivity contribution is 6.09. The first-order chi connectivity index (χ1) is 18.6. The predicted octanol–water partition coefficient (Wildman–Crippen LogP) is 3.68. The maximum Gasteiger partial charge on any atom is 0.329 e. The molecule has 198 valence electrons. The first kappa shape index (κ1) is 23.6. The molecule has 2 saturated heterocycles. The smallest absolute Gasteiger partial charge is 0.329 e. The van der Waals surface area contributed by atoms with E-state index in [0.717, 1.165) is 13.0 Å². The number of imidazole rings is 1. The second-order valence-electron chi connectivity index (χ2n) is 10.4. The molecule has 0 amide bonds. The molecule has 38 heavy (non-hydrogen) atoms. The first-order valence-corrected chi connectivity index (χ1v) is 13.4. The topological polar surface area (TPSA) is 83.6 Å². The zero-order valence-electron chi connectivity index (χ0n) is 21.4. The number of nitrogens with zero attached hydrogens (tertiary/aromatic N) is 5. The standard InChI is InChI=1S/C28H30FN5O4/c1-32-20-14-30-19-12-18(29)24(27-25(19)26(20)34(28(32)35)21-15-36-16-22(21)38-27)17-6-7-23(31-13-17)37-11-5-10-33-8-3-2-4-9-33/h6-7,12-14,21-22H,2-5,8-11,15-16H2,1H3/t21-,22-/m0/s1. The van der Waals surface area contributed by atoms with Crippen LogP contribution in [0, 0.1) is 5.82 Å². The molecule has 3 aliphatic rings. The molecular weight excluding hydrogens is 489 g/mol. The fourth-order valence-corrected chi connectivity index (χ4v) is 6.10. The number of benzene rings is 1. The molecule has 3 aliphatic heterocycles. The Morgan fingerprint density at radius 3 is 2.82 bits per heavy atom. The van der Waals surface area contributed by atoms with Crippen molar-refractivity contribution in [3.63, 3.8) is 0 Å². The molecular formula is C28H30FN5O4. The number of rotatable bonds is 6. The molecule has 9 nitrogen and oxygen atoms in total. The number of fused-ring (bicyclic) bond motifs is 2. The van der Waals surface area contributed by atoms with Gasteiger partial charge in [-0.25, -0.2) is 14.2 Å². The van der Waals surface area contributed by atoms with E-state index in [9.17, 15) is 4.79 Å². The second-order valence-corrected chi connectivity index (χ2v) is 10.4. The second kappa shape index (κ2) is 9.36. The van der Waals surface area contributed by atoms with Gasteiger partial charge in [-0.3, -0.25) is 14.1 Å². The van der Waals surface area contributed by atoms with Crippen molar-refractivity contribution < 1.29 is 18.6 Å². The van der Waals surface area contributed by atoms with Crippen LogP contribution in [-0.2, 0) is 11.8 Å². The number of hydrogen-bond acceptors (Lipinski definition) is 7. The van der Waals surface area contributed by atoms with Gasteiger partial charge in [-0.1, -0.05) is 6.42 Å². The molecule has 3 aromatic heterocycles. The molecule has 0 N–H and O–H groups in total. The summed E-state index contributed by atoms with van der Waals surface area (Å²) in [6, 6.07) is 4.67. The molecule has 6 heterocycles. The Bertz CT molecular complexity index is 1570. The highest BCUT2D eigenvalue weighted by Gasteiger charge is 2.39. The summed E-state index contributed by atoms with van der Waals surface area (Å²) < 4.78 is 37.0. The van der Waals surface area contributed by atoms with Gasteiger partial charge in [-0.15, -0.1) is 0 Å². The highest BCUT2D eigenvalue weighted by Crippen LogP contribution is 2.45. The molecule has 0 bridgehead atoms. The van der Waals surface area contributed by atoms with Crippen molar-refractivity contribution in [3.05, 3.63) is 46.9 Å². The molecule has 2 fully saturated rings. The van der Waals surface area contributed by atoms with Gasteiger partial charge < -0.3 is 19.1 Å². The zero-order valence-corrected chi connectivity index (χ0v) is 21.4. The van der Waals surface area contributed by atoms with E-state index >= 15 is 4.39 Å². The largest absolute Gasteiger partial charge is 0.484 e. The highest BCUT2D eigenvalue weighted by atomic mass is 19.1. The summed E-state index contributed by atoms with van der Waals surface area (Å²) in [5, 5.41) is 0.629. The Hall–Kier alpha value is -3.50. The van der Waals surface area contributed by atoms with E-state index in [-0.39, 0.29) is 11.7 Å². The number of pyridine rings is 2. The van der Waals surface area contributed by atoms with Gasteiger partial charge in [0, 0.05) is 37.5 Å². The van der Waals surface area contributed by atoms with Crippen LogP contribution in [0.4, 0.5) is 4.39 Å². The Morgan fingerprint density at radius 2 is 2.00 bits per heavy atom. The first-order valence-electron chi connectivity index (χ1n) is 13.4. The summed E-state index contributed by atoms with van der Waals surface area (Å²) in [5.41, 5.74) is 2.50. The average Bonchev–Trinajstić information content (AvgIpc) is 3.44. The van der Waals surface area contributed by atoms with Crippen molar-refractivity contribution in [2.45, 2.75) is 37.8 Å². The molecule has 7 rings (SSSR count). The fourth-order valence-electron chi connectivity index (χ4n) is 6.10. The Morgan fingerprint density at radius 1 is 1.13 bits per heavy atom. The van der Waals surface area contributed by atoms with Crippen molar-refractivity contribution >= 4 is 21.9 Å². The zero-order chi connectivity index (χ0) is 25.8. The van der Waals surface area contributed by atoms with Crippen LogP contribution in [0.15, 0.2) is 35.4 Å². The van der Waals surface area contributed by atoms with Crippen LogP contribution >= 0.6 is 0 Å². The molecule has 10 heteroatoms. The molecule has 4 aromatic rings. The van der Waals surface area contributed by atoms with Crippen LogP contribution in [0.5, 0.6) is 11.6 Å². The van der Waals surface area contributed by atoms with Crippen LogP contribution in [-0.4, -0.2) is 69.6 Å². The summed E-state index contributed by atoms with van der Waals surface area (Å²) in [6.45, 7) is 4.62. The van der Waals surface area contributed by atoms with Crippen molar-refractivity contribution in [2.75, 3.05) is 39.5 Å². The van der Waals surface area contributed by atoms with Crippen LogP contribution < -0.4 is 15.2 Å². The number of aromatic nitrogens is 4. The lowest BCUT2D eigenvalue weighted by molar-refractivity contribution is 0.140. The Balaban J connectivity index is 1.24. The minimum Gasteiger partial charge on any atom is -0.484 e. The number of aryl methyl sites for hydroxylation is 1. The third-order valence-corrected chi connectivity index (χ3v) is 8.06. The number of hydrogen-bond donors (Lipinski definition) is 0. The fraction of sp³-hybridized carbons (Fsp3) is 0.464. The van der Waals surface area contributed by atoms with E-state index in [1.54, 1.807) is 40.7 Å². The van der Waals surface area contributed by atoms with Gasteiger partial charge in [-0.05, 0) is 38.4 Å². The summed E-state index contributed by atoms with van der Waals surface area (Å²) in [6.07, 6.45) is 7.63. The molecule has 0 saturated carbocycles. The van der Waals surface area contributed by atoms with Crippen LogP contribution in [0.1, 0.15) is 31.7 Å². The summed E-state index contributed by atoms with van der Waals surface area (Å²) >= 11 is 0. The molecule has 0 unspecified atom stereocenters. The molecule has 0 spiro atoms. The lowest BCUT2D eigenvalue weighted by Crippen LogP contribution is -2.34. The van der Waals surface area contributed by atoms with Gasteiger partial charge >= 0.3 is 5.69 Å². The van der Waals surface area contributed by atoms with Crippen molar-refractivity contribution in [1.82, 2.24) is 24.0 Å². The quantitative estimate of drug-likeness (QED) is 0.360. The van der Waals surface area contributed by atoms with E-state index < -0.39 is 11.9 Å². The van der Waals surface area contributed by atoms with E-state index in [0.29, 0.717) is 64.5 Å². The van der Waals surface area contributed by atoms with Gasteiger partial charge in [0.05, 0.1) is 53.5 Å². The van der Waals surface area contributed by atoms with Crippen LogP contribution in [0.2, 0.25) is 0 Å². The molecule has 2 atom stereocenters. The lowest BCUT2D eigenvalue weighted by Gasteiger charge is -2.26. The SMILES string of the molecule is Cn1c(=O)n2c3c4c(c(-c5ccc(OCCCN6CCCCC6)nc5)c(F)cc4ncc31)O[C@H]1COC[C@@H]12. The van der Waals surface area contributed by atoms with E-state index in [4.69, 9.17) is 14.2 Å². The lowest BCUT2D eigenvalue weighted by atomic mass is 10.0. The third kappa shape index (κ3) is 3.77. The van der Waals surface area contributed by atoms with Gasteiger partial charge in [-0.2, -0.15) is 0 Å². The number of halogens is 1. The van der Waals surface area contributed by atoms with E-state index in [1.165, 1.54) is 38.4 Å². The van der Waals surface area contributed by atoms with Gasteiger partial charge in [0.15, 0.2) is 0 Å².